The van der Waals surface area contributed by atoms with Crippen LogP contribution in [0.3, 0.4) is 0 Å². The van der Waals surface area contributed by atoms with Gasteiger partial charge in [0, 0.05) is 11.2 Å². The first kappa shape index (κ1) is 7.95. The van der Waals surface area contributed by atoms with Gasteiger partial charge in [0.25, 0.3) is 0 Å². The largest absolute Gasteiger partial charge is 0.365 e. The molecule has 1 aliphatic heterocycles. The molecule has 0 saturated carbocycles. The van der Waals surface area contributed by atoms with Gasteiger partial charge in [-0.25, -0.2) is 0 Å². The van der Waals surface area contributed by atoms with Crippen molar-refractivity contribution in [3.8, 4) is 0 Å². The number of hydrogen-bond acceptors (Lipinski definition) is 3. The quantitative estimate of drug-likeness (QED) is 0.459. The standard InChI is InChI=1S/C7H14N2S/c1-5-4-7(2,3)9-6(10)8-5/h4,6,8-10H,1-3H3. The Balaban J connectivity index is 2.74. The molecule has 0 fully saturated rings. The predicted octanol–water partition coefficient (Wildman–Crippen LogP) is 1.07. The van der Waals surface area contributed by atoms with Crippen LogP contribution in [-0.2, 0) is 0 Å². The van der Waals surface area contributed by atoms with Crippen LogP contribution in [0, 0.1) is 0 Å². The molecule has 1 atom stereocenters. The van der Waals surface area contributed by atoms with E-state index in [9.17, 15) is 0 Å². The first-order chi connectivity index (χ1) is 4.49. The molecular weight excluding hydrogens is 144 g/mol. The third-order valence-corrected chi connectivity index (χ3v) is 1.71. The molecule has 0 radical (unpaired) electrons. The van der Waals surface area contributed by atoms with Crippen molar-refractivity contribution in [2.45, 2.75) is 31.8 Å². The fourth-order valence-corrected chi connectivity index (χ4v) is 1.77. The fourth-order valence-electron chi connectivity index (χ4n) is 1.23. The Hall–Kier alpha value is -0.150. The molecule has 3 heteroatoms. The van der Waals surface area contributed by atoms with Gasteiger partial charge in [-0.2, -0.15) is 0 Å². The van der Waals surface area contributed by atoms with Crippen LogP contribution < -0.4 is 10.6 Å². The Morgan fingerprint density at radius 3 is 2.60 bits per heavy atom. The second kappa shape index (κ2) is 2.47. The summed E-state index contributed by atoms with van der Waals surface area (Å²) in [6, 6.07) is 0. The number of rotatable bonds is 0. The zero-order chi connectivity index (χ0) is 7.78. The second-order valence-electron chi connectivity index (χ2n) is 3.24. The number of allylic oxidation sites excluding steroid dienone is 1. The van der Waals surface area contributed by atoms with E-state index in [0.29, 0.717) is 0 Å². The van der Waals surface area contributed by atoms with Crippen molar-refractivity contribution in [3.05, 3.63) is 11.8 Å². The molecule has 2 N–H and O–H groups in total. The van der Waals surface area contributed by atoms with E-state index in [1.807, 2.05) is 6.92 Å². The highest BCUT2D eigenvalue weighted by molar-refractivity contribution is 7.80. The summed E-state index contributed by atoms with van der Waals surface area (Å²) >= 11 is 4.27. The highest BCUT2D eigenvalue weighted by Crippen LogP contribution is 2.13. The second-order valence-corrected chi connectivity index (χ2v) is 3.76. The Kier molecular flexibility index (Phi) is 1.97. The lowest BCUT2D eigenvalue weighted by Crippen LogP contribution is -2.52. The number of nitrogens with one attached hydrogen (secondary N) is 2. The third-order valence-electron chi connectivity index (χ3n) is 1.45. The van der Waals surface area contributed by atoms with Gasteiger partial charge in [-0.15, -0.1) is 12.6 Å². The first-order valence-electron chi connectivity index (χ1n) is 3.41. The Labute approximate surface area is 67.5 Å². The maximum atomic E-state index is 4.27. The van der Waals surface area contributed by atoms with Crippen LogP contribution in [0.15, 0.2) is 11.8 Å². The third kappa shape index (κ3) is 1.92. The molecule has 10 heavy (non-hydrogen) atoms. The van der Waals surface area contributed by atoms with E-state index in [1.54, 1.807) is 0 Å². The van der Waals surface area contributed by atoms with Crippen molar-refractivity contribution >= 4 is 12.6 Å². The minimum atomic E-state index is 0.0712. The highest BCUT2D eigenvalue weighted by Gasteiger charge is 2.21. The fraction of sp³-hybridized carbons (Fsp3) is 0.714. The summed E-state index contributed by atoms with van der Waals surface area (Å²) in [5.41, 5.74) is 1.34. The molecule has 2 nitrogen and oxygen atoms in total. The molecule has 0 spiro atoms. The lowest BCUT2D eigenvalue weighted by molar-refractivity contribution is 0.408. The molecule has 0 aromatic carbocycles. The van der Waals surface area contributed by atoms with Gasteiger partial charge in [0.15, 0.2) is 0 Å². The van der Waals surface area contributed by atoms with Gasteiger partial charge in [0.2, 0.25) is 0 Å². The van der Waals surface area contributed by atoms with E-state index in [0.717, 1.165) is 0 Å². The highest BCUT2D eigenvalue weighted by atomic mass is 32.1. The van der Waals surface area contributed by atoms with Crippen molar-refractivity contribution in [1.82, 2.24) is 10.6 Å². The van der Waals surface area contributed by atoms with Crippen LogP contribution in [0.5, 0.6) is 0 Å². The van der Waals surface area contributed by atoms with E-state index in [2.05, 4.69) is 43.2 Å². The van der Waals surface area contributed by atoms with Crippen LogP contribution in [0.4, 0.5) is 0 Å². The van der Waals surface area contributed by atoms with Gasteiger partial charge in [0.1, 0.15) is 5.50 Å². The minimum Gasteiger partial charge on any atom is -0.365 e. The van der Waals surface area contributed by atoms with Crippen molar-refractivity contribution < 1.29 is 0 Å². The summed E-state index contributed by atoms with van der Waals surface area (Å²) in [5.74, 6) is 0. The molecule has 1 heterocycles. The normalized spacial score (nSPS) is 30.8. The van der Waals surface area contributed by atoms with Gasteiger partial charge in [0.05, 0.1) is 0 Å². The molecule has 1 rings (SSSR count). The smallest absolute Gasteiger partial charge is 0.123 e. The lowest BCUT2D eigenvalue weighted by atomic mass is 10.0. The van der Waals surface area contributed by atoms with Gasteiger partial charge in [-0.1, -0.05) is 0 Å². The van der Waals surface area contributed by atoms with Gasteiger partial charge < -0.3 is 5.32 Å². The average Bonchev–Trinajstić information content (AvgIpc) is 1.54. The van der Waals surface area contributed by atoms with E-state index >= 15 is 0 Å². The first-order valence-corrected chi connectivity index (χ1v) is 3.93. The molecule has 0 aromatic heterocycles. The number of hydrogen-bond donors (Lipinski definition) is 3. The summed E-state index contributed by atoms with van der Waals surface area (Å²) in [6.07, 6.45) is 2.15. The molecule has 0 bridgehead atoms. The Bertz CT molecular complexity index is 163. The SMILES string of the molecule is CC1=CC(C)(C)NC(S)N1. The van der Waals surface area contributed by atoms with Crippen LogP contribution >= 0.6 is 12.6 Å². The molecule has 0 amide bonds. The maximum absolute atomic E-state index is 4.27. The van der Waals surface area contributed by atoms with Crippen molar-refractivity contribution in [2.24, 2.45) is 0 Å². The molecule has 0 aliphatic carbocycles. The van der Waals surface area contributed by atoms with Crippen LogP contribution in [0.25, 0.3) is 0 Å². The van der Waals surface area contributed by atoms with Gasteiger partial charge in [-0.05, 0) is 26.8 Å². The molecule has 58 valence electrons. The van der Waals surface area contributed by atoms with Crippen LogP contribution in [-0.4, -0.2) is 11.0 Å². The molecule has 0 saturated heterocycles. The van der Waals surface area contributed by atoms with E-state index in [1.165, 1.54) is 5.70 Å². The summed E-state index contributed by atoms with van der Waals surface area (Å²) in [6.45, 7) is 6.30. The van der Waals surface area contributed by atoms with Crippen molar-refractivity contribution in [1.29, 1.82) is 0 Å². The van der Waals surface area contributed by atoms with Crippen molar-refractivity contribution in [3.63, 3.8) is 0 Å². The molecule has 1 aliphatic rings. The van der Waals surface area contributed by atoms with Gasteiger partial charge >= 0.3 is 0 Å². The van der Waals surface area contributed by atoms with E-state index in [4.69, 9.17) is 0 Å². The van der Waals surface area contributed by atoms with Gasteiger partial charge in [-0.3, -0.25) is 5.32 Å². The molecule has 0 aromatic rings. The number of thiol groups is 1. The summed E-state index contributed by atoms with van der Waals surface area (Å²) < 4.78 is 0. The topological polar surface area (TPSA) is 24.1 Å². The Morgan fingerprint density at radius 1 is 1.60 bits per heavy atom. The van der Waals surface area contributed by atoms with E-state index < -0.39 is 0 Å². The lowest BCUT2D eigenvalue weighted by Gasteiger charge is -2.33. The molecular formula is C7H14N2S. The van der Waals surface area contributed by atoms with E-state index in [-0.39, 0.29) is 11.0 Å². The minimum absolute atomic E-state index is 0.0712. The summed E-state index contributed by atoms with van der Waals surface area (Å²) in [5, 5.41) is 6.41. The molecule has 1 unspecified atom stereocenters. The van der Waals surface area contributed by atoms with Crippen molar-refractivity contribution in [2.75, 3.05) is 0 Å². The zero-order valence-corrected chi connectivity index (χ0v) is 7.50. The van der Waals surface area contributed by atoms with Crippen LogP contribution in [0.2, 0.25) is 0 Å². The Morgan fingerprint density at radius 2 is 2.20 bits per heavy atom. The zero-order valence-electron chi connectivity index (χ0n) is 6.60. The average molecular weight is 158 g/mol. The summed E-state index contributed by atoms with van der Waals surface area (Å²) in [4.78, 5) is 0. The predicted molar refractivity (Wildman–Crippen MR) is 46.9 cm³/mol. The maximum Gasteiger partial charge on any atom is 0.123 e. The summed E-state index contributed by atoms with van der Waals surface area (Å²) in [7, 11) is 0. The van der Waals surface area contributed by atoms with Crippen LogP contribution in [0.1, 0.15) is 20.8 Å². The monoisotopic (exact) mass is 158 g/mol.